The van der Waals surface area contributed by atoms with Gasteiger partial charge in [-0.15, -0.1) is 0 Å². The Morgan fingerprint density at radius 1 is 1.36 bits per heavy atom. The molecule has 10 nitrogen and oxygen atoms in total. The fourth-order valence-corrected chi connectivity index (χ4v) is 1.65. The molecule has 2 rings (SSSR count). The monoisotopic (exact) mass is 346 g/mol. The van der Waals surface area contributed by atoms with E-state index < -0.39 is 22.8 Å². The van der Waals surface area contributed by atoms with Crippen molar-refractivity contribution < 1.29 is 23.3 Å². The molecule has 0 aliphatic carbocycles. The number of hydrogen-bond acceptors (Lipinski definition) is 7. The topological polar surface area (TPSA) is 140 Å². The molecule has 0 fully saturated rings. The van der Waals surface area contributed by atoms with Crippen molar-refractivity contribution in [2.24, 2.45) is 5.10 Å². The zero-order chi connectivity index (χ0) is 18.2. The van der Waals surface area contributed by atoms with E-state index in [4.69, 9.17) is 8.83 Å². The van der Waals surface area contributed by atoms with Gasteiger partial charge >= 0.3 is 5.88 Å². The highest BCUT2D eigenvalue weighted by atomic mass is 16.6. The van der Waals surface area contributed by atoms with Gasteiger partial charge in [0, 0.05) is 6.21 Å². The number of carbonyl (C=O) groups excluding carboxylic acids is 2. The standard InChI is InChI=1S/C15H14N4O6/c1-10(17-15(21)12-5-3-9-24-12)14(20)18-16-8-2-4-11-6-7-13(25-11)19(22)23/h2-10H,1H3,(H,17,21)(H,18,20)/b4-2+,16-8+. The average Bonchev–Trinajstić information content (AvgIpc) is 3.26. The number of rotatable bonds is 7. The van der Waals surface area contributed by atoms with E-state index in [0.717, 1.165) is 0 Å². The maximum absolute atomic E-state index is 11.8. The molecule has 130 valence electrons. The van der Waals surface area contributed by atoms with Gasteiger partial charge in [0.1, 0.15) is 16.7 Å². The molecule has 1 unspecified atom stereocenters. The summed E-state index contributed by atoms with van der Waals surface area (Å²) in [6.45, 7) is 1.49. The summed E-state index contributed by atoms with van der Waals surface area (Å²) in [5.74, 6) is -1.05. The number of allylic oxidation sites excluding steroid dienone is 1. The third kappa shape index (κ3) is 5.16. The van der Waals surface area contributed by atoms with Crippen LogP contribution in [0.1, 0.15) is 23.2 Å². The quantitative estimate of drug-likeness (QED) is 0.444. The minimum atomic E-state index is -0.827. The van der Waals surface area contributed by atoms with Gasteiger partial charge in [-0.25, -0.2) is 5.43 Å². The molecule has 2 amide bonds. The zero-order valence-electron chi connectivity index (χ0n) is 13.0. The van der Waals surface area contributed by atoms with E-state index in [0.29, 0.717) is 0 Å². The first-order valence-electron chi connectivity index (χ1n) is 7.05. The number of nitrogens with zero attached hydrogens (tertiary/aromatic N) is 2. The Bertz CT molecular complexity index is 806. The summed E-state index contributed by atoms with van der Waals surface area (Å²) in [7, 11) is 0. The van der Waals surface area contributed by atoms with Crippen LogP contribution in [-0.4, -0.2) is 29.0 Å². The third-order valence-electron chi connectivity index (χ3n) is 2.87. The van der Waals surface area contributed by atoms with Gasteiger partial charge in [-0.3, -0.25) is 19.7 Å². The molecule has 0 spiro atoms. The third-order valence-corrected chi connectivity index (χ3v) is 2.87. The van der Waals surface area contributed by atoms with Gasteiger partial charge in [0.05, 0.1) is 12.3 Å². The van der Waals surface area contributed by atoms with Crippen LogP contribution in [0.3, 0.4) is 0 Å². The van der Waals surface area contributed by atoms with Gasteiger partial charge in [-0.1, -0.05) is 0 Å². The fraction of sp³-hybridized carbons (Fsp3) is 0.133. The zero-order valence-corrected chi connectivity index (χ0v) is 13.0. The SMILES string of the molecule is CC(NC(=O)c1ccco1)C(=O)N/N=C/C=C/c1ccc([N+](=O)[O-])o1. The van der Waals surface area contributed by atoms with Crippen molar-refractivity contribution in [3.8, 4) is 0 Å². The van der Waals surface area contributed by atoms with Crippen LogP contribution >= 0.6 is 0 Å². The van der Waals surface area contributed by atoms with Crippen LogP contribution in [0, 0.1) is 10.1 Å². The van der Waals surface area contributed by atoms with Gasteiger partial charge in [0.15, 0.2) is 5.76 Å². The average molecular weight is 346 g/mol. The largest absolute Gasteiger partial charge is 0.459 e. The second-order valence-corrected chi connectivity index (χ2v) is 4.72. The molecule has 10 heteroatoms. The maximum Gasteiger partial charge on any atom is 0.433 e. The summed E-state index contributed by atoms with van der Waals surface area (Å²) in [5, 5.41) is 16.6. The number of nitrogens with one attached hydrogen (secondary N) is 2. The number of furan rings is 2. The molecule has 0 radical (unpaired) electrons. The van der Waals surface area contributed by atoms with E-state index in [1.165, 1.54) is 49.8 Å². The lowest BCUT2D eigenvalue weighted by molar-refractivity contribution is -0.402. The Labute approximate surface area is 141 Å². The number of carbonyl (C=O) groups is 2. The second-order valence-electron chi connectivity index (χ2n) is 4.72. The van der Waals surface area contributed by atoms with Crippen LogP contribution in [0.4, 0.5) is 5.88 Å². The molecule has 0 saturated carbocycles. The molecular formula is C15H14N4O6. The van der Waals surface area contributed by atoms with Gasteiger partial charge < -0.3 is 14.2 Å². The van der Waals surface area contributed by atoms with Crippen LogP contribution in [0.2, 0.25) is 0 Å². The number of hydrazone groups is 1. The van der Waals surface area contributed by atoms with E-state index in [2.05, 4.69) is 15.8 Å². The van der Waals surface area contributed by atoms with Crippen molar-refractivity contribution in [1.29, 1.82) is 0 Å². The maximum atomic E-state index is 11.8. The molecule has 0 aliphatic rings. The molecule has 25 heavy (non-hydrogen) atoms. The summed E-state index contributed by atoms with van der Waals surface area (Å²) in [4.78, 5) is 33.3. The molecule has 0 bridgehead atoms. The Hall–Kier alpha value is -3.69. The van der Waals surface area contributed by atoms with Crippen molar-refractivity contribution in [2.45, 2.75) is 13.0 Å². The van der Waals surface area contributed by atoms with E-state index in [1.54, 1.807) is 6.07 Å². The normalized spacial score (nSPS) is 12.4. The van der Waals surface area contributed by atoms with Gasteiger partial charge in [0.2, 0.25) is 0 Å². The van der Waals surface area contributed by atoms with Gasteiger partial charge in [0.25, 0.3) is 11.8 Å². The fourth-order valence-electron chi connectivity index (χ4n) is 1.65. The minimum Gasteiger partial charge on any atom is -0.459 e. The highest BCUT2D eigenvalue weighted by Crippen LogP contribution is 2.16. The molecule has 2 aromatic rings. The predicted octanol–water partition coefficient (Wildman–Crippen LogP) is 1.71. The first-order chi connectivity index (χ1) is 12.0. The smallest absolute Gasteiger partial charge is 0.433 e. The first-order valence-corrected chi connectivity index (χ1v) is 7.05. The van der Waals surface area contributed by atoms with Gasteiger partial charge in [-0.05, 0) is 37.3 Å². The van der Waals surface area contributed by atoms with Crippen molar-refractivity contribution in [3.05, 3.63) is 58.2 Å². The molecule has 0 aromatic carbocycles. The number of amides is 2. The second kappa shape index (κ2) is 8.24. The predicted molar refractivity (Wildman–Crippen MR) is 86.7 cm³/mol. The molecular weight excluding hydrogens is 332 g/mol. The summed E-state index contributed by atoms with van der Waals surface area (Å²) in [6, 6.07) is 4.85. The van der Waals surface area contributed by atoms with Crippen LogP contribution in [0.5, 0.6) is 0 Å². The highest BCUT2D eigenvalue weighted by molar-refractivity contribution is 5.95. The summed E-state index contributed by atoms with van der Waals surface area (Å²) in [5.41, 5.74) is 2.24. The Balaban J connectivity index is 1.78. The molecule has 2 heterocycles. The van der Waals surface area contributed by atoms with Crippen molar-refractivity contribution in [2.75, 3.05) is 0 Å². The van der Waals surface area contributed by atoms with Crippen molar-refractivity contribution in [3.63, 3.8) is 0 Å². The molecule has 0 saturated heterocycles. The number of hydrogen-bond donors (Lipinski definition) is 2. The van der Waals surface area contributed by atoms with Gasteiger partial charge in [-0.2, -0.15) is 5.10 Å². The first kappa shape index (κ1) is 17.7. The lowest BCUT2D eigenvalue weighted by Gasteiger charge is -2.10. The van der Waals surface area contributed by atoms with Crippen LogP contribution in [-0.2, 0) is 4.79 Å². The Morgan fingerprint density at radius 3 is 2.80 bits per heavy atom. The van der Waals surface area contributed by atoms with Crippen molar-refractivity contribution >= 4 is 30.0 Å². The van der Waals surface area contributed by atoms with Crippen molar-refractivity contribution in [1.82, 2.24) is 10.7 Å². The van der Waals surface area contributed by atoms with E-state index in [9.17, 15) is 19.7 Å². The van der Waals surface area contributed by atoms with Crippen LogP contribution < -0.4 is 10.7 Å². The molecule has 0 aliphatic heterocycles. The lowest BCUT2D eigenvalue weighted by atomic mass is 10.3. The van der Waals surface area contributed by atoms with E-state index >= 15 is 0 Å². The highest BCUT2D eigenvalue weighted by Gasteiger charge is 2.17. The Morgan fingerprint density at radius 2 is 2.16 bits per heavy atom. The molecule has 1 atom stereocenters. The van der Waals surface area contributed by atoms with Crippen LogP contribution in [0.25, 0.3) is 6.08 Å². The van der Waals surface area contributed by atoms with Crippen LogP contribution in [0.15, 0.2) is 50.5 Å². The number of nitro groups is 1. The molecule has 2 N–H and O–H groups in total. The minimum absolute atomic E-state index is 0.0959. The summed E-state index contributed by atoms with van der Waals surface area (Å²) >= 11 is 0. The Kier molecular flexibility index (Phi) is 5.82. The molecule has 2 aromatic heterocycles. The summed E-state index contributed by atoms with van der Waals surface area (Å²) in [6.07, 6.45) is 5.47. The summed E-state index contributed by atoms with van der Waals surface area (Å²) < 4.78 is 9.81. The lowest BCUT2D eigenvalue weighted by Crippen LogP contribution is -2.43. The van der Waals surface area contributed by atoms with E-state index in [1.807, 2.05) is 0 Å². The van der Waals surface area contributed by atoms with E-state index in [-0.39, 0.29) is 17.4 Å².